The Morgan fingerprint density at radius 2 is 1.88 bits per heavy atom. The van der Waals surface area contributed by atoms with Crippen molar-refractivity contribution in [3.05, 3.63) is 0 Å². The van der Waals surface area contributed by atoms with Crippen molar-refractivity contribution in [1.29, 1.82) is 0 Å². The van der Waals surface area contributed by atoms with E-state index in [1.54, 1.807) is 0 Å². The predicted molar refractivity (Wildman–Crippen MR) is 67.3 cm³/mol. The van der Waals surface area contributed by atoms with Crippen LogP contribution < -0.4 is 5.73 Å². The molecular weight excluding hydrogens is 198 g/mol. The Morgan fingerprint density at radius 1 is 1.25 bits per heavy atom. The van der Waals surface area contributed by atoms with Gasteiger partial charge < -0.3 is 10.5 Å². The van der Waals surface area contributed by atoms with Gasteiger partial charge in [-0.15, -0.1) is 0 Å². The first-order chi connectivity index (χ1) is 7.68. The van der Waals surface area contributed by atoms with E-state index in [9.17, 15) is 0 Å². The van der Waals surface area contributed by atoms with E-state index in [2.05, 4.69) is 13.8 Å². The lowest BCUT2D eigenvalue weighted by molar-refractivity contribution is -0.106. The topological polar surface area (TPSA) is 35.2 Å². The van der Waals surface area contributed by atoms with Gasteiger partial charge in [0.1, 0.15) is 0 Å². The van der Waals surface area contributed by atoms with Crippen molar-refractivity contribution in [3.63, 3.8) is 0 Å². The van der Waals surface area contributed by atoms with Gasteiger partial charge in [-0.05, 0) is 57.3 Å². The predicted octanol–water partition coefficient (Wildman–Crippen LogP) is 3.10. The van der Waals surface area contributed by atoms with E-state index in [0.717, 1.165) is 18.4 Å². The summed E-state index contributed by atoms with van der Waals surface area (Å²) in [6, 6.07) is 0.286. The van der Waals surface area contributed by atoms with Gasteiger partial charge in [-0.25, -0.2) is 0 Å². The molecule has 0 bridgehead atoms. The van der Waals surface area contributed by atoms with Crippen molar-refractivity contribution in [1.82, 2.24) is 0 Å². The third-order valence-corrected chi connectivity index (χ3v) is 4.82. The van der Waals surface area contributed by atoms with E-state index in [-0.39, 0.29) is 11.6 Å². The Balaban J connectivity index is 2.01. The summed E-state index contributed by atoms with van der Waals surface area (Å²) in [6.45, 7) is 5.27. The highest BCUT2D eigenvalue weighted by Gasteiger charge is 2.44. The molecule has 94 valence electrons. The molecule has 1 unspecified atom stereocenters. The normalized spacial score (nSPS) is 38.1. The lowest BCUT2D eigenvalue weighted by Crippen LogP contribution is -2.57. The average molecular weight is 225 g/mol. The van der Waals surface area contributed by atoms with Crippen LogP contribution >= 0.6 is 0 Å². The van der Waals surface area contributed by atoms with E-state index in [1.807, 2.05) is 0 Å². The minimum atomic E-state index is 0.0202. The van der Waals surface area contributed by atoms with Crippen LogP contribution in [0.4, 0.5) is 0 Å². The van der Waals surface area contributed by atoms with Crippen LogP contribution in [0.3, 0.4) is 0 Å². The number of nitrogens with two attached hydrogens (primary N) is 1. The number of rotatable bonds is 4. The first-order valence-corrected chi connectivity index (χ1v) is 7.07. The van der Waals surface area contributed by atoms with Gasteiger partial charge in [-0.2, -0.15) is 0 Å². The first-order valence-electron chi connectivity index (χ1n) is 7.07. The highest BCUT2D eigenvalue weighted by atomic mass is 16.5. The van der Waals surface area contributed by atoms with Crippen LogP contribution in [0.5, 0.6) is 0 Å². The van der Waals surface area contributed by atoms with E-state index in [1.165, 1.54) is 44.9 Å². The molecule has 16 heavy (non-hydrogen) atoms. The minimum absolute atomic E-state index is 0.0202. The molecule has 2 saturated carbocycles. The quantitative estimate of drug-likeness (QED) is 0.798. The van der Waals surface area contributed by atoms with Gasteiger partial charge in [0.15, 0.2) is 0 Å². The first kappa shape index (κ1) is 12.4. The van der Waals surface area contributed by atoms with E-state index >= 15 is 0 Å². The molecule has 0 radical (unpaired) electrons. The molecule has 0 spiro atoms. The molecule has 0 saturated heterocycles. The van der Waals surface area contributed by atoms with Gasteiger partial charge in [0.2, 0.25) is 0 Å². The van der Waals surface area contributed by atoms with Crippen molar-refractivity contribution in [2.75, 3.05) is 6.61 Å². The molecule has 0 aromatic carbocycles. The van der Waals surface area contributed by atoms with Gasteiger partial charge in [0.05, 0.1) is 5.60 Å². The SMILES string of the molecule is CCOC1(C(N)C2CCC2)CCC(C)CC1. The van der Waals surface area contributed by atoms with Crippen molar-refractivity contribution in [2.45, 2.75) is 70.4 Å². The molecule has 0 amide bonds. The maximum atomic E-state index is 6.50. The molecule has 0 aromatic heterocycles. The van der Waals surface area contributed by atoms with Crippen LogP contribution in [0, 0.1) is 11.8 Å². The van der Waals surface area contributed by atoms with E-state index < -0.39 is 0 Å². The molecule has 2 nitrogen and oxygen atoms in total. The third-order valence-electron chi connectivity index (χ3n) is 4.82. The standard InChI is InChI=1S/C14H27NO/c1-3-16-14(9-7-11(2)8-10-14)13(15)12-5-4-6-12/h11-13H,3-10,15H2,1-2H3. The Labute approximate surface area is 99.9 Å². The molecule has 2 fully saturated rings. The van der Waals surface area contributed by atoms with Gasteiger partial charge in [-0.1, -0.05) is 13.3 Å². The van der Waals surface area contributed by atoms with Crippen LogP contribution in [-0.4, -0.2) is 18.2 Å². The second-order valence-electron chi connectivity index (χ2n) is 5.90. The fourth-order valence-corrected chi connectivity index (χ4v) is 3.34. The second-order valence-corrected chi connectivity index (χ2v) is 5.90. The summed E-state index contributed by atoms with van der Waals surface area (Å²) in [6.07, 6.45) is 8.97. The molecule has 0 aromatic rings. The summed E-state index contributed by atoms with van der Waals surface area (Å²) in [5.41, 5.74) is 6.52. The highest BCUT2D eigenvalue weighted by molar-refractivity contribution is 4.99. The average Bonchev–Trinajstić information content (AvgIpc) is 2.19. The number of ether oxygens (including phenoxy) is 1. The van der Waals surface area contributed by atoms with Crippen molar-refractivity contribution >= 4 is 0 Å². The van der Waals surface area contributed by atoms with Crippen molar-refractivity contribution in [3.8, 4) is 0 Å². The van der Waals surface area contributed by atoms with Crippen LogP contribution in [0.1, 0.15) is 58.8 Å². The Morgan fingerprint density at radius 3 is 2.31 bits per heavy atom. The molecule has 2 aliphatic carbocycles. The highest BCUT2D eigenvalue weighted by Crippen LogP contribution is 2.42. The van der Waals surface area contributed by atoms with E-state index in [0.29, 0.717) is 0 Å². The zero-order chi connectivity index (χ0) is 11.6. The van der Waals surface area contributed by atoms with Gasteiger partial charge in [0.25, 0.3) is 0 Å². The van der Waals surface area contributed by atoms with Crippen LogP contribution in [0.15, 0.2) is 0 Å². The lowest BCUT2D eigenvalue weighted by atomic mass is 9.67. The lowest BCUT2D eigenvalue weighted by Gasteiger charge is -2.48. The fraction of sp³-hybridized carbons (Fsp3) is 1.00. The smallest absolute Gasteiger partial charge is 0.0835 e. The zero-order valence-electron chi connectivity index (χ0n) is 10.9. The zero-order valence-corrected chi connectivity index (χ0v) is 10.9. The van der Waals surface area contributed by atoms with Gasteiger partial charge >= 0.3 is 0 Å². The molecule has 0 heterocycles. The van der Waals surface area contributed by atoms with Gasteiger partial charge in [0, 0.05) is 12.6 Å². The summed E-state index contributed by atoms with van der Waals surface area (Å²) >= 11 is 0. The Hall–Kier alpha value is -0.0800. The number of hydrogen-bond donors (Lipinski definition) is 1. The molecular formula is C14H27NO. The largest absolute Gasteiger partial charge is 0.374 e. The number of hydrogen-bond acceptors (Lipinski definition) is 2. The van der Waals surface area contributed by atoms with Crippen molar-refractivity contribution in [2.24, 2.45) is 17.6 Å². The van der Waals surface area contributed by atoms with Crippen LogP contribution in [0.25, 0.3) is 0 Å². The third kappa shape index (κ3) is 2.28. The second kappa shape index (κ2) is 5.05. The molecule has 2 N–H and O–H groups in total. The van der Waals surface area contributed by atoms with Crippen molar-refractivity contribution < 1.29 is 4.74 Å². The molecule has 2 heteroatoms. The maximum Gasteiger partial charge on any atom is 0.0835 e. The summed E-state index contributed by atoms with van der Waals surface area (Å²) in [7, 11) is 0. The summed E-state index contributed by atoms with van der Waals surface area (Å²) in [4.78, 5) is 0. The molecule has 2 aliphatic rings. The summed E-state index contributed by atoms with van der Waals surface area (Å²) in [5.74, 6) is 1.60. The van der Waals surface area contributed by atoms with Crippen LogP contribution in [-0.2, 0) is 4.74 Å². The Kier molecular flexibility index (Phi) is 3.91. The molecule has 1 atom stereocenters. The van der Waals surface area contributed by atoms with E-state index in [4.69, 9.17) is 10.5 Å². The Bertz CT molecular complexity index is 217. The van der Waals surface area contributed by atoms with Gasteiger partial charge in [-0.3, -0.25) is 0 Å². The maximum absolute atomic E-state index is 6.50. The van der Waals surface area contributed by atoms with Crippen LogP contribution in [0.2, 0.25) is 0 Å². The fourth-order valence-electron chi connectivity index (χ4n) is 3.34. The summed E-state index contributed by atoms with van der Waals surface area (Å²) < 4.78 is 6.11. The minimum Gasteiger partial charge on any atom is -0.374 e. The monoisotopic (exact) mass is 225 g/mol. The molecule has 2 rings (SSSR count). The molecule has 0 aliphatic heterocycles. The summed E-state index contributed by atoms with van der Waals surface area (Å²) in [5, 5.41) is 0.